The Morgan fingerprint density at radius 3 is 2.87 bits per heavy atom. The van der Waals surface area contributed by atoms with Crippen LogP contribution in [0.1, 0.15) is 0 Å². The van der Waals surface area contributed by atoms with Gasteiger partial charge in [-0.15, -0.1) is 0 Å². The molecular weight excluding hydrogens is 232 g/mol. The van der Waals surface area contributed by atoms with Crippen LogP contribution in [0.2, 0.25) is 5.15 Å². The Morgan fingerprint density at radius 2 is 2.13 bits per heavy atom. The van der Waals surface area contributed by atoms with Crippen molar-refractivity contribution in [3.8, 4) is 0 Å². The number of nitrogens with zero attached hydrogens (tertiary/aromatic N) is 3. The molecule has 0 spiro atoms. The zero-order chi connectivity index (χ0) is 10.7. The minimum Gasteiger partial charge on any atom is -0.397 e. The molecule has 0 atom stereocenters. The van der Waals surface area contributed by atoms with E-state index in [0.717, 1.165) is 5.03 Å². The summed E-state index contributed by atoms with van der Waals surface area (Å²) in [6, 6.07) is 5.16. The summed E-state index contributed by atoms with van der Waals surface area (Å²) in [6.45, 7) is 0. The molecule has 2 N–H and O–H groups in total. The molecule has 0 fully saturated rings. The third-order valence-electron chi connectivity index (χ3n) is 1.61. The summed E-state index contributed by atoms with van der Waals surface area (Å²) >= 11 is 7.13. The number of hydrogen-bond acceptors (Lipinski definition) is 5. The van der Waals surface area contributed by atoms with Gasteiger partial charge in [0.1, 0.15) is 21.5 Å². The molecule has 0 aliphatic heterocycles. The molecule has 0 saturated carbocycles. The lowest BCUT2D eigenvalue weighted by Gasteiger charge is -2.03. The molecule has 76 valence electrons. The van der Waals surface area contributed by atoms with E-state index in [-0.39, 0.29) is 0 Å². The smallest absolute Gasteiger partial charge is 0.130 e. The number of aromatic nitrogens is 3. The summed E-state index contributed by atoms with van der Waals surface area (Å²) in [5.74, 6) is 0. The molecule has 0 bridgehead atoms. The summed E-state index contributed by atoms with van der Waals surface area (Å²) in [4.78, 5) is 12.0. The third-order valence-corrected chi connectivity index (χ3v) is 2.79. The summed E-state index contributed by atoms with van der Waals surface area (Å²) in [5, 5.41) is 1.86. The first-order chi connectivity index (χ1) is 7.25. The Labute approximate surface area is 95.9 Å². The number of hydrogen-bond donors (Lipinski definition) is 1. The molecule has 0 amide bonds. The first-order valence-electron chi connectivity index (χ1n) is 4.11. The van der Waals surface area contributed by atoms with E-state index in [2.05, 4.69) is 15.0 Å². The molecule has 2 rings (SSSR count). The van der Waals surface area contributed by atoms with Crippen molar-refractivity contribution >= 4 is 29.1 Å². The van der Waals surface area contributed by atoms with Gasteiger partial charge in [-0.3, -0.25) is 0 Å². The molecule has 0 aromatic carbocycles. The fourth-order valence-corrected chi connectivity index (χ4v) is 1.90. The summed E-state index contributed by atoms with van der Waals surface area (Å²) in [5.41, 5.74) is 6.34. The van der Waals surface area contributed by atoms with E-state index in [1.165, 1.54) is 18.1 Å². The van der Waals surface area contributed by atoms with Crippen LogP contribution in [0.4, 0.5) is 5.69 Å². The largest absolute Gasteiger partial charge is 0.397 e. The average Bonchev–Trinajstić information content (AvgIpc) is 2.25. The first-order valence-corrected chi connectivity index (χ1v) is 5.31. The van der Waals surface area contributed by atoms with Gasteiger partial charge in [0.05, 0.1) is 5.69 Å². The van der Waals surface area contributed by atoms with Gasteiger partial charge < -0.3 is 5.73 Å². The number of rotatable bonds is 2. The Balaban J connectivity index is 2.28. The monoisotopic (exact) mass is 238 g/mol. The SMILES string of the molecule is Nc1ccc(Cl)nc1Sc1ccncn1. The summed E-state index contributed by atoms with van der Waals surface area (Å²) in [6.07, 6.45) is 3.14. The molecule has 2 aromatic rings. The average molecular weight is 239 g/mol. The molecule has 6 heteroatoms. The van der Waals surface area contributed by atoms with E-state index in [4.69, 9.17) is 17.3 Å². The van der Waals surface area contributed by atoms with Crippen molar-refractivity contribution in [3.63, 3.8) is 0 Å². The summed E-state index contributed by atoms with van der Waals surface area (Å²) in [7, 11) is 0. The molecule has 2 aromatic heterocycles. The quantitative estimate of drug-likeness (QED) is 0.642. The van der Waals surface area contributed by atoms with E-state index in [1.54, 1.807) is 24.4 Å². The maximum atomic E-state index is 5.77. The zero-order valence-electron chi connectivity index (χ0n) is 7.59. The van der Waals surface area contributed by atoms with Crippen molar-refractivity contribution in [2.24, 2.45) is 0 Å². The van der Waals surface area contributed by atoms with Crippen LogP contribution in [0.25, 0.3) is 0 Å². The van der Waals surface area contributed by atoms with Crippen molar-refractivity contribution in [2.45, 2.75) is 10.1 Å². The van der Waals surface area contributed by atoms with E-state index in [0.29, 0.717) is 15.9 Å². The van der Waals surface area contributed by atoms with Crippen LogP contribution >= 0.6 is 23.4 Å². The topological polar surface area (TPSA) is 64.7 Å². The molecule has 0 unspecified atom stereocenters. The van der Waals surface area contributed by atoms with Gasteiger partial charge in [0.2, 0.25) is 0 Å². The second-order valence-electron chi connectivity index (χ2n) is 2.68. The van der Waals surface area contributed by atoms with Crippen LogP contribution in [-0.4, -0.2) is 15.0 Å². The minimum atomic E-state index is 0.417. The van der Waals surface area contributed by atoms with Crippen molar-refractivity contribution in [2.75, 3.05) is 5.73 Å². The van der Waals surface area contributed by atoms with Crippen LogP contribution in [0.15, 0.2) is 40.8 Å². The van der Waals surface area contributed by atoms with Gasteiger partial charge in [0, 0.05) is 6.20 Å². The highest BCUT2D eigenvalue weighted by atomic mass is 35.5. The van der Waals surface area contributed by atoms with Gasteiger partial charge in [-0.1, -0.05) is 11.6 Å². The molecule has 0 saturated heterocycles. The lowest BCUT2D eigenvalue weighted by molar-refractivity contribution is 1.04. The van der Waals surface area contributed by atoms with E-state index >= 15 is 0 Å². The standard InChI is InChI=1S/C9H7ClN4S/c10-7-2-1-6(11)9(14-7)15-8-3-4-12-5-13-8/h1-5H,11H2. The predicted molar refractivity (Wildman–Crippen MR) is 59.8 cm³/mol. The number of anilines is 1. The number of pyridine rings is 1. The molecule has 0 radical (unpaired) electrons. The number of nitrogens with two attached hydrogens (primary N) is 1. The molecule has 0 aliphatic carbocycles. The van der Waals surface area contributed by atoms with Crippen molar-refractivity contribution in [1.82, 2.24) is 15.0 Å². The van der Waals surface area contributed by atoms with E-state index in [9.17, 15) is 0 Å². The highest BCUT2D eigenvalue weighted by Gasteiger charge is 2.05. The van der Waals surface area contributed by atoms with Crippen molar-refractivity contribution in [1.29, 1.82) is 0 Å². The predicted octanol–water partition coefficient (Wildman–Crippen LogP) is 2.26. The zero-order valence-corrected chi connectivity index (χ0v) is 9.16. The highest BCUT2D eigenvalue weighted by molar-refractivity contribution is 7.99. The lowest BCUT2D eigenvalue weighted by atomic mass is 10.4. The maximum Gasteiger partial charge on any atom is 0.130 e. The van der Waals surface area contributed by atoms with Gasteiger partial charge in [0.25, 0.3) is 0 Å². The number of nitrogen functional groups attached to an aromatic ring is 1. The highest BCUT2D eigenvalue weighted by Crippen LogP contribution is 2.29. The molecule has 2 heterocycles. The van der Waals surface area contributed by atoms with E-state index < -0.39 is 0 Å². The molecular formula is C9H7ClN4S. The van der Waals surface area contributed by atoms with Crippen LogP contribution in [0, 0.1) is 0 Å². The summed E-state index contributed by atoms with van der Waals surface area (Å²) < 4.78 is 0. The fraction of sp³-hybridized carbons (Fsp3) is 0. The molecule has 15 heavy (non-hydrogen) atoms. The normalized spacial score (nSPS) is 10.2. The first kappa shape index (κ1) is 10.2. The van der Waals surface area contributed by atoms with Crippen LogP contribution < -0.4 is 5.73 Å². The second kappa shape index (κ2) is 4.46. The Hall–Kier alpha value is -1.33. The molecule has 4 nitrogen and oxygen atoms in total. The lowest BCUT2D eigenvalue weighted by Crippen LogP contribution is -1.92. The van der Waals surface area contributed by atoms with Crippen LogP contribution in [-0.2, 0) is 0 Å². The number of halogens is 1. The maximum absolute atomic E-state index is 5.77. The minimum absolute atomic E-state index is 0.417. The molecule has 0 aliphatic rings. The van der Waals surface area contributed by atoms with Crippen LogP contribution in [0.5, 0.6) is 0 Å². The van der Waals surface area contributed by atoms with Gasteiger partial charge in [0.15, 0.2) is 0 Å². The van der Waals surface area contributed by atoms with Crippen molar-refractivity contribution < 1.29 is 0 Å². The van der Waals surface area contributed by atoms with Crippen LogP contribution in [0.3, 0.4) is 0 Å². The van der Waals surface area contributed by atoms with Crippen molar-refractivity contribution in [3.05, 3.63) is 35.9 Å². The third kappa shape index (κ3) is 2.57. The second-order valence-corrected chi connectivity index (χ2v) is 4.07. The Bertz CT molecular complexity index is 463. The fourth-order valence-electron chi connectivity index (χ4n) is 0.948. The van der Waals surface area contributed by atoms with E-state index in [1.807, 2.05) is 0 Å². The van der Waals surface area contributed by atoms with Gasteiger partial charge in [-0.2, -0.15) is 0 Å². The van der Waals surface area contributed by atoms with Gasteiger partial charge in [-0.25, -0.2) is 15.0 Å². The van der Waals surface area contributed by atoms with Gasteiger partial charge in [-0.05, 0) is 30.0 Å². The van der Waals surface area contributed by atoms with Gasteiger partial charge >= 0.3 is 0 Å². The Morgan fingerprint density at radius 1 is 1.27 bits per heavy atom. The Kier molecular flexibility index (Phi) is 3.03.